The first kappa shape index (κ1) is 8.49. The van der Waals surface area contributed by atoms with Crippen LogP contribution < -0.4 is 0 Å². The molecule has 4 heteroatoms. The normalized spacial score (nSPS) is 15.2. The van der Waals surface area contributed by atoms with E-state index in [1.54, 1.807) is 0 Å². The van der Waals surface area contributed by atoms with Crippen LogP contribution in [0.4, 0.5) is 13.2 Å². The zero-order valence-electron chi connectivity index (χ0n) is 4.87. The molecule has 9 heavy (non-hydrogen) atoms. The molecular formula is C5H7F3O. The van der Waals surface area contributed by atoms with Crippen LogP contribution in [0, 0.1) is 0 Å². The van der Waals surface area contributed by atoms with Crippen LogP contribution in [-0.4, -0.2) is 17.4 Å². The monoisotopic (exact) mass is 140 g/mol. The van der Waals surface area contributed by atoms with Crippen LogP contribution in [0.15, 0.2) is 12.2 Å². The number of rotatable bonds is 2. The third-order valence-electron chi connectivity index (χ3n) is 0.868. The maximum absolute atomic E-state index is 11.9. The highest BCUT2D eigenvalue weighted by atomic mass is 19.3. The molecule has 0 aromatic rings. The SMILES string of the molecule is C=C(C)C(F)(F)C(O)F. The highest BCUT2D eigenvalue weighted by Gasteiger charge is 2.39. The standard InChI is InChI=1S/C5H7F3O/c1-3(2)5(7,8)4(6)9/h4,9H,1H2,2H3. The van der Waals surface area contributed by atoms with Crippen molar-refractivity contribution >= 4 is 0 Å². The van der Waals surface area contributed by atoms with E-state index < -0.39 is 17.9 Å². The van der Waals surface area contributed by atoms with Crippen LogP contribution in [-0.2, 0) is 0 Å². The van der Waals surface area contributed by atoms with Gasteiger partial charge in [-0.15, -0.1) is 0 Å². The van der Waals surface area contributed by atoms with Crippen LogP contribution >= 0.6 is 0 Å². The van der Waals surface area contributed by atoms with Crippen molar-refractivity contribution in [3.05, 3.63) is 12.2 Å². The van der Waals surface area contributed by atoms with Crippen molar-refractivity contribution in [2.45, 2.75) is 19.2 Å². The minimum Gasteiger partial charge on any atom is -0.359 e. The van der Waals surface area contributed by atoms with E-state index in [1.807, 2.05) is 0 Å². The Morgan fingerprint density at radius 3 is 2.00 bits per heavy atom. The van der Waals surface area contributed by atoms with Gasteiger partial charge in [-0.25, -0.2) is 4.39 Å². The first-order valence-corrected chi connectivity index (χ1v) is 2.25. The zero-order valence-corrected chi connectivity index (χ0v) is 4.87. The smallest absolute Gasteiger partial charge is 0.323 e. The molecule has 0 heterocycles. The zero-order chi connectivity index (χ0) is 7.65. The van der Waals surface area contributed by atoms with Gasteiger partial charge < -0.3 is 5.11 Å². The van der Waals surface area contributed by atoms with Crippen molar-refractivity contribution in [1.29, 1.82) is 0 Å². The van der Waals surface area contributed by atoms with Crippen molar-refractivity contribution < 1.29 is 18.3 Å². The summed E-state index contributed by atoms with van der Waals surface area (Å²) in [5.74, 6) is -3.81. The molecular weight excluding hydrogens is 133 g/mol. The quantitative estimate of drug-likeness (QED) is 0.576. The fourth-order valence-corrected chi connectivity index (χ4v) is 0.203. The molecule has 54 valence electrons. The fraction of sp³-hybridized carbons (Fsp3) is 0.600. The summed E-state index contributed by atoms with van der Waals surface area (Å²) in [6.07, 6.45) is -3.14. The average Bonchev–Trinajstić information content (AvgIpc) is 1.65. The summed E-state index contributed by atoms with van der Waals surface area (Å²) >= 11 is 0. The fourth-order valence-electron chi connectivity index (χ4n) is 0.203. The van der Waals surface area contributed by atoms with Crippen LogP contribution in [0.2, 0.25) is 0 Å². The molecule has 0 saturated heterocycles. The van der Waals surface area contributed by atoms with Gasteiger partial charge in [-0.3, -0.25) is 0 Å². The van der Waals surface area contributed by atoms with Gasteiger partial charge in [0.2, 0.25) is 0 Å². The summed E-state index contributed by atoms with van der Waals surface area (Å²) < 4.78 is 35.4. The minimum atomic E-state index is -3.81. The molecule has 0 aliphatic rings. The highest BCUT2D eigenvalue weighted by Crippen LogP contribution is 2.26. The van der Waals surface area contributed by atoms with Gasteiger partial charge in [0.25, 0.3) is 6.36 Å². The van der Waals surface area contributed by atoms with Gasteiger partial charge in [-0.05, 0) is 12.5 Å². The highest BCUT2D eigenvalue weighted by molar-refractivity contribution is 5.04. The number of hydrogen-bond acceptors (Lipinski definition) is 1. The van der Waals surface area contributed by atoms with Crippen molar-refractivity contribution in [3.63, 3.8) is 0 Å². The Hall–Kier alpha value is -0.510. The van der Waals surface area contributed by atoms with E-state index in [0.717, 1.165) is 6.92 Å². The molecule has 1 atom stereocenters. The molecule has 0 aliphatic carbocycles. The maximum Gasteiger partial charge on any atom is 0.323 e. The second kappa shape index (κ2) is 2.39. The molecule has 1 N–H and O–H groups in total. The van der Waals surface area contributed by atoms with Gasteiger partial charge >= 0.3 is 5.92 Å². The maximum atomic E-state index is 11.9. The molecule has 0 spiro atoms. The van der Waals surface area contributed by atoms with Crippen LogP contribution in [0.25, 0.3) is 0 Å². The van der Waals surface area contributed by atoms with E-state index in [9.17, 15) is 13.2 Å². The van der Waals surface area contributed by atoms with E-state index in [2.05, 4.69) is 6.58 Å². The molecule has 0 amide bonds. The van der Waals surface area contributed by atoms with E-state index in [4.69, 9.17) is 5.11 Å². The van der Waals surface area contributed by atoms with Gasteiger partial charge in [-0.2, -0.15) is 8.78 Å². The molecule has 0 aromatic heterocycles. The Kier molecular flexibility index (Phi) is 2.25. The molecule has 0 fully saturated rings. The second-order valence-corrected chi connectivity index (χ2v) is 1.74. The van der Waals surface area contributed by atoms with E-state index in [0.29, 0.717) is 0 Å². The number of halogens is 3. The number of hydrogen-bond donors (Lipinski definition) is 1. The van der Waals surface area contributed by atoms with E-state index in [-0.39, 0.29) is 0 Å². The Bertz CT molecular complexity index is 119. The minimum absolute atomic E-state index is 0.683. The first-order chi connectivity index (χ1) is 3.89. The van der Waals surface area contributed by atoms with Gasteiger partial charge in [0.05, 0.1) is 0 Å². The lowest BCUT2D eigenvalue weighted by atomic mass is 10.2. The first-order valence-electron chi connectivity index (χ1n) is 2.25. The number of aliphatic hydroxyl groups excluding tert-OH is 1. The summed E-state index contributed by atoms with van der Waals surface area (Å²) in [4.78, 5) is 0. The molecule has 0 rings (SSSR count). The molecule has 1 unspecified atom stereocenters. The van der Waals surface area contributed by atoms with E-state index >= 15 is 0 Å². The van der Waals surface area contributed by atoms with Crippen molar-refractivity contribution in [3.8, 4) is 0 Å². The molecule has 1 nitrogen and oxygen atoms in total. The summed E-state index contributed by atoms with van der Waals surface area (Å²) in [6, 6.07) is 0. The molecule has 0 aliphatic heterocycles. The molecule has 0 bridgehead atoms. The van der Waals surface area contributed by atoms with Crippen molar-refractivity contribution in [2.24, 2.45) is 0 Å². The third kappa shape index (κ3) is 1.71. The van der Waals surface area contributed by atoms with Gasteiger partial charge in [-0.1, -0.05) is 6.58 Å². The van der Waals surface area contributed by atoms with Gasteiger partial charge in [0.1, 0.15) is 0 Å². The average molecular weight is 140 g/mol. The second-order valence-electron chi connectivity index (χ2n) is 1.74. The van der Waals surface area contributed by atoms with Gasteiger partial charge in [0, 0.05) is 0 Å². The lowest BCUT2D eigenvalue weighted by molar-refractivity contribution is -0.143. The largest absolute Gasteiger partial charge is 0.359 e. The van der Waals surface area contributed by atoms with Gasteiger partial charge in [0.15, 0.2) is 0 Å². The Morgan fingerprint density at radius 2 is 2.00 bits per heavy atom. The van der Waals surface area contributed by atoms with Crippen LogP contribution in [0.5, 0.6) is 0 Å². The number of aliphatic hydroxyl groups is 1. The molecule has 0 saturated carbocycles. The summed E-state index contributed by atoms with van der Waals surface area (Å²) in [5, 5.41) is 7.77. The number of alkyl halides is 3. The Labute approximate surface area is 50.8 Å². The van der Waals surface area contributed by atoms with E-state index in [1.165, 1.54) is 0 Å². The van der Waals surface area contributed by atoms with Crippen molar-refractivity contribution in [1.82, 2.24) is 0 Å². The lowest BCUT2D eigenvalue weighted by Gasteiger charge is -2.15. The van der Waals surface area contributed by atoms with Crippen LogP contribution in [0.3, 0.4) is 0 Å². The molecule has 0 aromatic carbocycles. The summed E-state index contributed by atoms with van der Waals surface area (Å²) in [6.45, 7) is 3.75. The summed E-state index contributed by atoms with van der Waals surface area (Å²) in [5.41, 5.74) is -0.683. The molecule has 0 radical (unpaired) electrons. The Balaban J connectivity index is 4.19. The summed E-state index contributed by atoms with van der Waals surface area (Å²) in [7, 11) is 0. The lowest BCUT2D eigenvalue weighted by Crippen LogP contribution is -2.30. The predicted molar refractivity (Wildman–Crippen MR) is 26.9 cm³/mol. The topological polar surface area (TPSA) is 20.2 Å². The predicted octanol–water partition coefficient (Wildman–Crippen LogP) is 1.49. The third-order valence-corrected chi connectivity index (χ3v) is 0.868. The Morgan fingerprint density at radius 1 is 1.67 bits per heavy atom. The van der Waals surface area contributed by atoms with Crippen LogP contribution in [0.1, 0.15) is 6.92 Å². The van der Waals surface area contributed by atoms with Crippen molar-refractivity contribution in [2.75, 3.05) is 0 Å².